The van der Waals surface area contributed by atoms with Gasteiger partial charge in [0, 0.05) is 19.8 Å². The van der Waals surface area contributed by atoms with Crippen LogP contribution in [0.4, 0.5) is 0 Å². The van der Waals surface area contributed by atoms with E-state index in [1.54, 1.807) is 0 Å². The first-order chi connectivity index (χ1) is 16.2. The first-order valence-electron chi connectivity index (χ1n) is 10.3. The van der Waals surface area contributed by atoms with Crippen LogP contribution in [0.2, 0.25) is 0 Å². The van der Waals surface area contributed by atoms with Crippen molar-refractivity contribution in [2.45, 2.75) is 28.2 Å². The molecule has 0 heterocycles. The fraction of sp³-hybridized carbons (Fsp3) is 0.172. The van der Waals surface area contributed by atoms with Gasteiger partial charge in [-0.05, 0) is 67.8 Å². The second-order valence-electron chi connectivity index (χ2n) is 7.18. The highest BCUT2D eigenvalue weighted by Crippen LogP contribution is 2.38. The van der Waals surface area contributed by atoms with Gasteiger partial charge in [0.2, 0.25) is 0 Å². The summed E-state index contributed by atoms with van der Waals surface area (Å²) in [5.41, 5.74) is 3.84. The van der Waals surface area contributed by atoms with Crippen molar-refractivity contribution in [1.82, 2.24) is 0 Å². The highest BCUT2D eigenvalue weighted by atomic mass is 79.9. The second kappa shape index (κ2) is 19.4. The molecule has 4 rings (SSSR count). The van der Waals surface area contributed by atoms with Gasteiger partial charge in [0.1, 0.15) is 0 Å². The van der Waals surface area contributed by atoms with Crippen LogP contribution >= 0.6 is 77.9 Å². The van der Waals surface area contributed by atoms with Crippen LogP contribution in [-0.2, 0) is 0 Å². The molecule has 0 saturated heterocycles. The Bertz CT molecular complexity index is 936. The molecule has 0 saturated carbocycles. The Morgan fingerprint density at radius 2 is 0.657 bits per heavy atom. The van der Waals surface area contributed by atoms with Gasteiger partial charge in [0.25, 0.3) is 0 Å². The lowest BCUT2D eigenvalue weighted by atomic mass is 10.2. The summed E-state index contributed by atoms with van der Waals surface area (Å²) >= 11 is 21.1. The Hall–Kier alpha value is -0.670. The molecule has 0 radical (unpaired) electrons. The Kier molecular flexibility index (Phi) is 19.1. The van der Waals surface area contributed by atoms with Crippen molar-refractivity contribution in [3.05, 3.63) is 127 Å². The first-order valence-corrected chi connectivity index (χ1v) is 15.7. The molecule has 4 aromatic carbocycles. The standard InChI is InChI=1S/C14H14ClP.C7H7Br.C6H4Br2.CH3Cl.CH4/c1-11-3-7-13(8-4-11)16(15)14-9-5-12(2)6-10-14;1-6-2-4-7(8)5-3-6;7-5-1-2-6(8)4-3-5;1-2;/h3-10H,1-2H3;2-5H,1H3;1-4H;1H3;1H4. The highest BCUT2D eigenvalue weighted by Gasteiger charge is 2.09. The number of alkyl halides is 1. The third-order valence-corrected chi connectivity index (χ3v) is 8.60. The number of hydrogen-bond donors (Lipinski definition) is 0. The minimum Gasteiger partial charge on any atom is -0.130 e. The molecule has 0 bridgehead atoms. The van der Waals surface area contributed by atoms with Gasteiger partial charge in [-0.1, -0.05) is 144 Å². The monoisotopic (exact) mass is 718 g/mol. The van der Waals surface area contributed by atoms with Crippen molar-refractivity contribution in [1.29, 1.82) is 0 Å². The molecule has 0 aliphatic rings. The summed E-state index contributed by atoms with van der Waals surface area (Å²) in [6.07, 6.45) is 1.47. The van der Waals surface area contributed by atoms with Crippen LogP contribution in [0, 0.1) is 20.8 Å². The second-order valence-corrected chi connectivity index (χ2v) is 12.5. The minimum absolute atomic E-state index is 0. The van der Waals surface area contributed by atoms with Gasteiger partial charge in [0.05, 0.1) is 7.27 Å². The van der Waals surface area contributed by atoms with Crippen molar-refractivity contribution in [3.63, 3.8) is 0 Å². The van der Waals surface area contributed by atoms with Crippen LogP contribution in [0.3, 0.4) is 0 Å². The van der Waals surface area contributed by atoms with Gasteiger partial charge >= 0.3 is 0 Å². The lowest BCUT2D eigenvalue weighted by Gasteiger charge is -2.10. The van der Waals surface area contributed by atoms with Gasteiger partial charge in [-0.15, -0.1) is 11.6 Å². The summed E-state index contributed by atoms with van der Waals surface area (Å²) in [6.45, 7) is 6.25. The van der Waals surface area contributed by atoms with Crippen molar-refractivity contribution < 1.29 is 0 Å². The normalized spacial score (nSPS) is 9.31. The molecule has 0 fully saturated rings. The molecule has 0 aliphatic carbocycles. The number of halogens is 5. The molecule has 35 heavy (non-hydrogen) atoms. The fourth-order valence-corrected chi connectivity index (χ4v) is 5.05. The average Bonchev–Trinajstić information content (AvgIpc) is 2.85. The third kappa shape index (κ3) is 14.6. The van der Waals surface area contributed by atoms with Gasteiger partial charge in [-0.3, -0.25) is 0 Å². The summed E-state index contributed by atoms with van der Waals surface area (Å²) in [4.78, 5) is 0. The van der Waals surface area contributed by atoms with Crippen molar-refractivity contribution in [2.75, 3.05) is 6.38 Å². The SMILES string of the molecule is Brc1ccc(Br)cc1.C.CCl.Cc1ccc(Br)cc1.Cc1ccc(P(Cl)c2ccc(C)cc2)cc1. The van der Waals surface area contributed by atoms with Crippen molar-refractivity contribution in [3.8, 4) is 0 Å². The molecule has 0 aromatic heterocycles. The number of rotatable bonds is 2. The molecule has 0 nitrogen and oxygen atoms in total. The lowest BCUT2D eigenvalue weighted by molar-refractivity contribution is 1.46. The van der Waals surface area contributed by atoms with E-state index >= 15 is 0 Å². The van der Waals surface area contributed by atoms with E-state index in [0.717, 1.165) is 13.4 Å². The zero-order chi connectivity index (χ0) is 25.5. The Morgan fingerprint density at radius 1 is 0.457 bits per heavy atom. The summed E-state index contributed by atoms with van der Waals surface area (Å²) in [5.74, 6) is 0. The molecule has 0 spiro atoms. The maximum Gasteiger partial charge on any atom is 0.0524 e. The van der Waals surface area contributed by atoms with E-state index < -0.39 is 7.27 Å². The average molecular weight is 722 g/mol. The summed E-state index contributed by atoms with van der Waals surface area (Å²) in [7, 11) is -0.723. The fourth-order valence-electron chi connectivity index (χ4n) is 2.46. The van der Waals surface area contributed by atoms with E-state index in [9.17, 15) is 0 Å². The first kappa shape index (κ1) is 34.3. The zero-order valence-corrected chi connectivity index (χ0v) is 26.7. The van der Waals surface area contributed by atoms with Crippen LogP contribution in [0.15, 0.2) is 110 Å². The number of aryl methyl sites for hydroxylation is 3. The van der Waals surface area contributed by atoms with E-state index in [2.05, 4.69) is 141 Å². The van der Waals surface area contributed by atoms with Gasteiger partial charge in [0.15, 0.2) is 0 Å². The maximum atomic E-state index is 6.50. The third-order valence-electron chi connectivity index (χ3n) is 4.34. The van der Waals surface area contributed by atoms with E-state index in [4.69, 9.17) is 11.2 Å². The predicted octanol–water partition coefficient (Wildman–Crippen LogP) is 11.4. The highest BCUT2D eigenvalue weighted by molar-refractivity contribution is 9.11. The Labute approximate surface area is 248 Å². The number of hydrogen-bond acceptors (Lipinski definition) is 0. The van der Waals surface area contributed by atoms with Crippen LogP contribution < -0.4 is 10.6 Å². The maximum absolute atomic E-state index is 6.50. The molecule has 0 N–H and O–H groups in total. The number of benzene rings is 4. The summed E-state index contributed by atoms with van der Waals surface area (Å²) < 4.78 is 3.37. The zero-order valence-electron chi connectivity index (χ0n) is 19.6. The topological polar surface area (TPSA) is 0 Å². The molecule has 188 valence electrons. The van der Waals surface area contributed by atoms with Crippen molar-refractivity contribution in [2.24, 2.45) is 0 Å². The van der Waals surface area contributed by atoms with Gasteiger partial charge < -0.3 is 0 Å². The molecule has 0 amide bonds. The molecule has 0 unspecified atom stereocenters. The molecule has 0 atom stereocenters. The minimum atomic E-state index is -0.723. The van der Waals surface area contributed by atoms with Crippen LogP contribution in [0.1, 0.15) is 24.1 Å². The van der Waals surface area contributed by atoms with Crippen LogP contribution in [-0.4, -0.2) is 6.38 Å². The molecule has 0 aliphatic heterocycles. The van der Waals surface area contributed by atoms with E-state index in [1.807, 2.05) is 36.4 Å². The Balaban J connectivity index is 0.000000516. The molecular formula is C29H32Br3Cl2P. The molecule has 6 heteroatoms. The summed E-state index contributed by atoms with van der Waals surface area (Å²) in [5, 5.41) is 2.43. The Morgan fingerprint density at radius 3 is 0.886 bits per heavy atom. The van der Waals surface area contributed by atoms with Crippen LogP contribution in [0.5, 0.6) is 0 Å². The van der Waals surface area contributed by atoms with E-state index in [-0.39, 0.29) is 7.43 Å². The van der Waals surface area contributed by atoms with Crippen molar-refractivity contribution >= 4 is 88.5 Å². The predicted molar refractivity (Wildman–Crippen MR) is 174 cm³/mol. The van der Waals surface area contributed by atoms with Gasteiger partial charge in [-0.25, -0.2) is 0 Å². The van der Waals surface area contributed by atoms with Gasteiger partial charge in [-0.2, -0.15) is 0 Å². The largest absolute Gasteiger partial charge is 0.130 e. The lowest BCUT2D eigenvalue weighted by Crippen LogP contribution is -2.07. The van der Waals surface area contributed by atoms with Crippen LogP contribution in [0.25, 0.3) is 0 Å². The molecule has 4 aromatic rings. The smallest absolute Gasteiger partial charge is 0.0524 e. The summed E-state index contributed by atoms with van der Waals surface area (Å²) in [6, 6.07) is 33.1. The molecular weight excluding hydrogens is 690 g/mol. The van der Waals surface area contributed by atoms with E-state index in [1.165, 1.54) is 33.7 Å². The quantitative estimate of drug-likeness (QED) is 0.143. The van der Waals surface area contributed by atoms with E-state index in [0.29, 0.717) is 0 Å².